The molecule has 1 aliphatic rings. The van der Waals surface area contributed by atoms with Crippen LogP contribution in [0.4, 0.5) is 0 Å². The second-order valence-electron chi connectivity index (χ2n) is 8.23. The van der Waals surface area contributed by atoms with Crippen LogP contribution in [0, 0.1) is 5.92 Å². The minimum absolute atomic E-state index is 0.0629. The molecule has 164 valence electrons. The zero-order valence-electron chi connectivity index (χ0n) is 17.9. The van der Waals surface area contributed by atoms with E-state index in [9.17, 15) is 4.79 Å². The Kier molecular flexibility index (Phi) is 8.45. The zero-order valence-corrected chi connectivity index (χ0v) is 19.5. The summed E-state index contributed by atoms with van der Waals surface area (Å²) in [6, 6.07) is 7.72. The highest BCUT2D eigenvalue weighted by Gasteiger charge is 2.22. The lowest BCUT2D eigenvalue weighted by atomic mass is 9.95. The fraction of sp³-hybridized carbons (Fsp3) is 0.591. The van der Waals surface area contributed by atoms with Gasteiger partial charge in [-0.3, -0.25) is 4.79 Å². The molecule has 1 N–H and O–H groups in total. The monoisotopic (exact) mass is 450 g/mol. The topological polar surface area (TPSA) is 69.0 Å². The Labute approximate surface area is 188 Å². The van der Waals surface area contributed by atoms with Crippen molar-refractivity contribution >= 4 is 29.3 Å². The number of nitrogens with one attached hydrogen (secondary N) is 1. The molecule has 0 radical (unpaired) electrons. The molecule has 2 aromatic rings. The van der Waals surface area contributed by atoms with Gasteiger partial charge >= 0.3 is 0 Å². The number of thioether (sulfide) groups is 1. The summed E-state index contributed by atoms with van der Waals surface area (Å²) in [5.74, 6) is 2.16. The molecular weight excluding hydrogens is 420 g/mol. The van der Waals surface area contributed by atoms with Crippen molar-refractivity contribution in [2.45, 2.75) is 76.7 Å². The maximum Gasteiger partial charge on any atom is 0.230 e. The third-order valence-electron chi connectivity index (χ3n) is 5.10. The Morgan fingerprint density at radius 2 is 1.97 bits per heavy atom. The van der Waals surface area contributed by atoms with E-state index in [0.29, 0.717) is 28.5 Å². The first-order valence-corrected chi connectivity index (χ1v) is 12.1. The molecule has 1 atom stereocenters. The number of nitrogens with zero attached hydrogens (tertiary/aromatic N) is 3. The van der Waals surface area contributed by atoms with Gasteiger partial charge in [-0.2, -0.15) is 0 Å². The number of hydrogen-bond donors (Lipinski definition) is 1. The van der Waals surface area contributed by atoms with E-state index in [4.69, 9.17) is 16.3 Å². The van der Waals surface area contributed by atoms with E-state index in [2.05, 4.69) is 33.9 Å². The second-order valence-corrected chi connectivity index (χ2v) is 9.58. The van der Waals surface area contributed by atoms with Crippen LogP contribution >= 0.6 is 23.4 Å². The zero-order chi connectivity index (χ0) is 21.5. The summed E-state index contributed by atoms with van der Waals surface area (Å²) >= 11 is 7.66. The molecule has 1 amide bonds. The van der Waals surface area contributed by atoms with Crippen molar-refractivity contribution in [3.8, 4) is 5.75 Å². The molecule has 0 bridgehead atoms. The van der Waals surface area contributed by atoms with Gasteiger partial charge in [-0.1, -0.05) is 68.6 Å². The van der Waals surface area contributed by atoms with Crippen molar-refractivity contribution in [3.05, 3.63) is 35.1 Å². The van der Waals surface area contributed by atoms with Crippen LogP contribution in [-0.2, 0) is 11.3 Å². The van der Waals surface area contributed by atoms with Crippen LogP contribution in [0.15, 0.2) is 29.4 Å². The average molecular weight is 451 g/mol. The van der Waals surface area contributed by atoms with Gasteiger partial charge in [0.2, 0.25) is 5.91 Å². The standard InChI is InChI=1S/C22H31ClN4O2S/c1-15(2)13-27-21(16(3)29-19-12-8-7-11-18(19)23)25-26-22(27)30-14-20(28)24-17-9-5-4-6-10-17/h7-8,11-12,15-17H,4-6,9-10,13-14H2,1-3H3,(H,24,28). The van der Waals surface area contributed by atoms with Gasteiger partial charge in [0.1, 0.15) is 5.75 Å². The molecule has 1 aliphatic carbocycles. The molecule has 30 heavy (non-hydrogen) atoms. The summed E-state index contributed by atoms with van der Waals surface area (Å²) in [6.45, 7) is 6.99. The largest absolute Gasteiger partial charge is 0.481 e. The lowest BCUT2D eigenvalue weighted by Gasteiger charge is -2.22. The van der Waals surface area contributed by atoms with Crippen molar-refractivity contribution in [2.75, 3.05) is 5.75 Å². The van der Waals surface area contributed by atoms with Crippen LogP contribution in [0.5, 0.6) is 5.75 Å². The molecule has 1 aromatic carbocycles. The van der Waals surface area contributed by atoms with Gasteiger partial charge in [-0.15, -0.1) is 10.2 Å². The van der Waals surface area contributed by atoms with Gasteiger partial charge in [0.25, 0.3) is 0 Å². The number of rotatable bonds is 9. The molecule has 3 rings (SSSR count). The minimum Gasteiger partial charge on any atom is -0.481 e. The molecule has 8 heteroatoms. The van der Waals surface area contributed by atoms with E-state index in [-0.39, 0.29) is 12.0 Å². The van der Waals surface area contributed by atoms with Crippen LogP contribution in [0.1, 0.15) is 64.8 Å². The fourth-order valence-electron chi connectivity index (χ4n) is 3.67. The Hall–Kier alpha value is -1.73. The number of benzene rings is 1. The first kappa shape index (κ1) is 22.9. The molecule has 1 aromatic heterocycles. The number of ether oxygens (including phenoxy) is 1. The van der Waals surface area contributed by atoms with Gasteiger partial charge in [-0.25, -0.2) is 0 Å². The normalized spacial score (nSPS) is 15.9. The number of aromatic nitrogens is 3. The third-order valence-corrected chi connectivity index (χ3v) is 6.38. The van der Waals surface area contributed by atoms with Crippen molar-refractivity contribution in [1.82, 2.24) is 20.1 Å². The number of carbonyl (C=O) groups is 1. The highest BCUT2D eigenvalue weighted by atomic mass is 35.5. The van der Waals surface area contributed by atoms with E-state index >= 15 is 0 Å². The van der Waals surface area contributed by atoms with Crippen molar-refractivity contribution in [3.63, 3.8) is 0 Å². The maximum absolute atomic E-state index is 12.4. The Morgan fingerprint density at radius 3 is 2.67 bits per heavy atom. The predicted octanol–water partition coefficient (Wildman–Crippen LogP) is 5.27. The van der Waals surface area contributed by atoms with Gasteiger partial charge in [-0.05, 0) is 37.8 Å². The quantitative estimate of drug-likeness (QED) is 0.527. The smallest absolute Gasteiger partial charge is 0.230 e. The second kappa shape index (κ2) is 11.0. The van der Waals surface area contributed by atoms with Crippen molar-refractivity contribution < 1.29 is 9.53 Å². The summed E-state index contributed by atoms with van der Waals surface area (Å²) in [4.78, 5) is 12.4. The molecule has 0 spiro atoms. The number of amides is 1. The van der Waals surface area contributed by atoms with E-state index < -0.39 is 0 Å². The molecule has 0 saturated heterocycles. The van der Waals surface area contributed by atoms with Crippen molar-refractivity contribution in [2.24, 2.45) is 5.92 Å². The van der Waals surface area contributed by atoms with E-state index in [1.165, 1.54) is 31.0 Å². The van der Waals surface area contributed by atoms with Gasteiger partial charge in [0.05, 0.1) is 10.8 Å². The summed E-state index contributed by atoms with van der Waals surface area (Å²) in [5.41, 5.74) is 0. The van der Waals surface area contributed by atoms with Crippen LogP contribution < -0.4 is 10.1 Å². The molecule has 1 fully saturated rings. The number of carbonyl (C=O) groups excluding carboxylic acids is 1. The predicted molar refractivity (Wildman–Crippen MR) is 121 cm³/mol. The van der Waals surface area contributed by atoms with Crippen LogP contribution in [0.2, 0.25) is 5.02 Å². The summed E-state index contributed by atoms with van der Waals surface area (Å²) in [7, 11) is 0. The minimum atomic E-state index is -0.318. The third kappa shape index (κ3) is 6.38. The molecule has 1 unspecified atom stereocenters. The Morgan fingerprint density at radius 1 is 1.23 bits per heavy atom. The van der Waals surface area contributed by atoms with Crippen molar-refractivity contribution in [1.29, 1.82) is 0 Å². The fourth-order valence-corrected chi connectivity index (χ4v) is 4.62. The average Bonchev–Trinajstić information content (AvgIpc) is 3.11. The molecule has 0 aliphatic heterocycles. The summed E-state index contributed by atoms with van der Waals surface area (Å²) in [6.07, 6.45) is 5.53. The Bertz CT molecular complexity index is 836. The lowest BCUT2D eigenvalue weighted by Crippen LogP contribution is -2.37. The van der Waals surface area contributed by atoms with E-state index in [1.807, 2.05) is 25.1 Å². The highest BCUT2D eigenvalue weighted by molar-refractivity contribution is 7.99. The SMILES string of the molecule is CC(C)Cn1c(SCC(=O)NC2CCCCC2)nnc1C(C)Oc1ccccc1Cl. The first-order valence-electron chi connectivity index (χ1n) is 10.7. The van der Waals surface area contributed by atoms with Crippen LogP contribution in [0.25, 0.3) is 0 Å². The van der Waals surface area contributed by atoms with E-state index in [1.54, 1.807) is 6.07 Å². The van der Waals surface area contributed by atoms with E-state index in [0.717, 1.165) is 30.4 Å². The molecule has 1 saturated carbocycles. The van der Waals surface area contributed by atoms with Gasteiger partial charge in [0, 0.05) is 12.6 Å². The Balaban J connectivity index is 1.66. The van der Waals surface area contributed by atoms with Gasteiger partial charge < -0.3 is 14.6 Å². The van der Waals surface area contributed by atoms with Crippen LogP contribution in [-0.4, -0.2) is 32.5 Å². The number of halogens is 1. The molecule has 1 heterocycles. The maximum atomic E-state index is 12.4. The number of hydrogen-bond acceptors (Lipinski definition) is 5. The molecule has 6 nitrogen and oxygen atoms in total. The lowest BCUT2D eigenvalue weighted by molar-refractivity contribution is -0.119. The highest BCUT2D eigenvalue weighted by Crippen LogP contribution is 2.30. The summed E-state index contributed by atoms with van der Waals surface area (Å²) in [5, 5.41) is 13.2. The first-order chi connectivity index (χ1) is 14.4. The van der Waals surface area contributed by atoms with Gasteiger partial charge in [0.15, 0.2) is 17.1 Å². The summed E-state index contributed by atoms with van der Waals surface area (Å²) < 4.78 is 8.11. The van der Waals surface area contributed by atoms with Crippen LogP contribution in [0.3, 0.4) is 0 Å². The number of para-hydroxylation sites is 1. The molecular formula is C22H31ClN4O2S.